The second-order valence-corrected chi connectivity index (χ2v) is 7.40. The first kappa shape index (κ1) is 15.8. The molecule has 21 heavy (non-hydrogen) atoms. The van der Waals surface area contributed by atoms with Crippen molar-refractivity contribution < 1.29 is 12.8 Å². The van der Waals surface area contributed by atoms with Crippen LogP contribution in [0.2, 0.25) is 0 Å². The van der Waals surface area contributed by atoms with Gasteiger partial charge in [-0.15, -0.1) is 0 Å². The Morgan fingerprint density at radius 3 is 2.33 bits per heavy atom. The zero-order valence-corrected chi connectivity index (χ0v) is 13.9. The average molecular weight is 373 g/mol. The Morgan fingerprint density at radius 1 is 1.19 bits per heavy atom. The molecule has 0 aliphatic rings. The lowest BCUT2D eigenvalue weighted by Crippen LogP contribution is -2.27. The highest BCUT2D eigenvalue weighted by atomic mass is 79.9. The number of anilines is 2. The van der Waals surface area contributed by atoms with Crippen LogP contribution in [-0.4, -0.2) is 15.5 Å². The average Bonchev–Trinajstić information content (AvgIpc) is 2.42. The smallest absolute Gasteiger partial charge is 0.267 e. The Balaban J connectivity index is 2.51. The van der Waals surface area contributed by atoms with Gasteiger partial charge in [0, 0.05) is 17.2 Å². The minimum absolute atomic E-state index is 0.160. The van der Waals surface area contributed by atoms with Gasteiger partial charge < -0.3 is 5.73 Å². The van der Waals surface area contributed by atoms with Crippen molar-refractivity contribution in [3.8, 4) is 0 Å². The Bertz CT molecular complexity index is 776. The molecule has 2 aromatic carbocycles. The number of halogens is 2. The Kier molecular flexibility index (Phi) is 4.25. The van der Waals surface area contributed by atoms with Crippen LogP contribution in [0.25, 0.3) is 0 Å². The molecule has 0 saturated heterocycles. The van der Waals surface area contributed by atoms with Gasteiger partial charge in [0.1, 0.15) is 10.7 Å². The molecule has 0 amide bonds. The molecule has 0 bridgehead atoms. The number of hydrogen-bond donors (Lipinski definition) is 1. The van der Waals surface area contributed by atoms with E-state index in [1.165, 1.54) is 7.05 Å². The van der Waals surface area contributed by atoms with Gasteiger partial charge in [0.25, 0.3) is 10.0 Å². The van der Waals surface area contributed by atoms with Crippen LogP contribution in [0.1, 0.15) is 5.56 Å². The first-order valence-electron chi connectivity index (χ1n) is 6.03. The molecule has 7 heteroatoms. The molecule has 0 saturated carbocycles. The number of hydrogen-bond acceptors (Lipinski definition) is 3. The van der Waals surface area contributed by atoms with Crippen LogP contribution in [0.5, 0.6) is 0 Å². The van der Waals surface area contributed by atoms with Crippen LogP contribution in [-0.2, 0) is 10.0 Å². The minimum Gasteiger partial charge on any atom is -0.398 e. The molecule has 2 aromatic rings. The standard InChI is InChI=1S/C14H14BrFN2O2S/c1-9-3-5-10(6-4-9)18(2)21(19,20)14-8-13(17)11(15)7-12(14)16/h3-8H,17H2,1-2H3. The molecule has 0 heterocycles. The fraction of sp³-hybridized carbons (Fsp3) is 0.143. The molecule has 0 spiro atoms. The Hall–Kier alpha value is -1.60. The molecule has 0 aliphatic carbocycles. The summed E-state index contributed by atoms with van der Waals surface area (Å²) in [7, 11) is -2.64. The summed E-state index contributed by atoms with van der Waals surface area (Å²) in [5, 5.41) is 0. The van der Waals surface area contributed by atoms with Crippen molar-refractivity contribution >= 4 is 37.3 Å². The number of sulfonamides is 1. The van der Waals surface area contributed by atoms with E-state index in [4.69, 9.17) is 5.73 Å². The summed E-state index contributed by atoms with van der Waals surface area (Å²) < 4.78 is 40.4. The summed E-state index contributed by atoms with van der Waals surface area (Å²) in [4.78, 5) is -0.453. The van der Waals surface area contributed by atoms with Crippen molar-refractivity contribution in [2.45, 2.75) is 11.8 Å². The van der Waals surface area contributed by atoms with Crippen molar-refractivity contribution in [2.75, 3.05) is 17.1 Å². The van der Waals surface area contributed by atoms with E-state index in [0.29, 0.717) is 10.2 Å². The Morgan fingerprint density at radius 2 is 1.76 bits per heavy atom. The normalized spacial score (nSPS) is 11.4. The highest BCUT2D eigenvalue weighted by molar-refractivity contribution is 9.10. The maximum absolute atomic E-state index is 14.0. The van der Waals surface area contributed by atoms with Crippen molar-refractivity contribution in [3.63, 3.8) is 0 Å². The monoisotopic (exact) mass is 372 g/mol. The quantitative estimate of drug-likeness (QED) is 0.840. The van der Waals surface area contributed by atoms with Crippen LogP contribution in [0, 0.1) is 12.7 Å². The molecule has 112 valence electrons. The Labute approximate surface area is 131 Å². The second-order valence-electron chi connectivity index (χ2n) is 4.61. The summed E-state index contributed by atoms with van der Waals surface area (Å²) in [5.74, 6) is -0.852. The molecule has 2 rings (SSSR count). The van der Waals surface area contributed by atoms with Crippen LogP contribution in [0.15, 0.2) is 45.8 Å². The van der Waals surface area contributed by atoms with E-state index < -0.39 is 20.7 Å². The number of rotatable bonds is 3. The van der Waals surface area contributed by atoms with E-state index in [2.05, 4.69) is 15.9 Å². The number of nitrogens with zero attached hydrogens (tertiary/aromatic N) is 1. The molecule has 4 nitrogen and oxygen atoms in total. The van der Waals surface area contributed by atoms with Gasteiger partial charge in [-0.05, 0) is 47.1 Å². The molecule has 0 aliphatic heterocycles. The maximum atomic E-state index is 14.0. The van der Waals surface area contributed by atoms with Crippen LogP contribution in [0.3, 0.4) is 0 Å². The third kappa shape index (κ3) is 3.03. The van der Waals surface area contributed by atoms with Crippen LogP contribution in [0.4, 0.5) is 15.8 Å². The molecule has 0 unspecified atom stereocenters. The maximum Gasteiger partial charge on any atom is 0.267 e. The van der Waals surface area contributed by atoms with Gasteiger partial charge in [-0.3, -0.25) is 4.31 Å². The largest absolute Gasteiger partial charge is 0.398 e. The molecule has 2 N–H and O–H groups in total. The van der Waals surface area contributed by atoms with E-state index in [-0.39, 0.29) is 5.69 Å². The highest BCUT2D eigenvalue weighted by Gasteiger charge is 2.26. The fourth-order valence-electron chi connectivity index (χ4n) is 1.78. The number of nitrogens with two attached hydrogens (primary N) is 1. The van der Waals surface area contributed by atoms with Crippen molar-refractivity contribution in [3.05, 3.63) is 52.3 Å². The van der Waals surface area contributed by atoms with E-state index in [0.717, 1.165) is 22.0 Å². The first-order valence-corrected chi connectivity index (χ1v) is 8.27. The summed E-state index contributed by atoms with van der Waals surface area (Å²) in [5.41, 5.74) is 7.26. The first-order chi connectivity index (χ1) is 9.73. The van der Waals surface area contributed by atoms with Crippen LogP contribution < -0.4 is 10.0 Å². The van der Waals surface area contributed by atoms with E-state index in [1.807, 2.05) is 6.92 Å². The van der Waals surface area contributed by atoms with Gasteiger partial charge >= 0.3 is 0 Å². The highest BCUT2D eigenvalue weighted by Crippen LogP contribution is 2.29. The second kappa shape index (κ2) is 5.65. The van der Waals surface area contributed by atoms with Gasteiger partial charge in [0.05, 0.1) is 5.69 Å². The molecular weight excluding hydrogens is 359 g/mol. The van der Waals surface area contributed by atoms with Crippen molar-refractivity contribution in [2.24, 2.45) is 0 Å². The van der Waals surface area contributed by atoms with E-state index >= 15 is 0 Å². The predicted molar refractivity (Wildman–Crippen MR) is 85.3 cm³/mol. The van der Waals surface area contributed by atoms with Gasteiger partial charge in [-0.2, -0.15) is 0 Å². The van der Waals surface area contributed by atoms with E-state index in [9.17, 15) is 12.8 Å². The summed E-state index contributed by atoms with van der Waals surface area (Å²) in [6, 6.07) is 9.05. The number of aryl methyl sites for hydroxylation is 1. The minimum atomic E-state index is -4.02. The SMILES string of the molecule is Cc1ccc(N(C)S(=O)(=O)c2cc(N)c(Br)cc2F)cc1. The van der Waals surface area contributed by atoms with Gasteiger partial charge in [-0.25, -0.2) is 12.8 Å². The summed E-state index contributed by atoms with van der Waals surface area (Å²) >= 11 is 3.06. The van der Waals surface area contributed by atoms with E-state index in [1.54, 1.807) is 24.3 Å². The van der Waals surface area contributed by atoms with Gasteiger partial charge in [0.2, 0.25) is 0 Å². The number of benzene rings is 2. The summed E-state index contributed by atoms with van der Waals surface area (Å²) in [6.45, 7) is 1.90. The number of nitrogen functional groups attached to an aromatic ring is 1. The third-order valence-electron chi connectivity index (χ3n) is 3.09. The van der Waals surface area contributed by atoms with Gasteiger partial charge in [-0.1, -0.05) is 17.7 Å². The fourth-order valence-corrected chi connectivity index (χ4v) is 3.37. The van der Waals surface area contributed by atoms with Gasteiger partial charge in [0.15, 0.2) is 0 Å². The zero-order chi connectivity index (χ0) is 15.8. The predicted octanol–water partition coefficient (Wildman–Crippen LogP) is 3.30. The van der Waals surface area contributed by atoms with Crippen molar-refractivity contribution in [1.82, 2.24) is 0 Å². The van der Waals surface area contributed by atoms with Crippen molar-refractivity contribution in [1.29, 1.82) is 0 Å². The summed E-state index contributed by atoms with van der Waals surface area (Å²) in [6.07, 6.45) is 0. The molecule has 0 atom stereocenters. The molecule has 0 aromatic heterocycles. The molecular formula is C14H14BrFN2O2S. The molecule has 0 radical (unpaired) electrons. The molecule has 0 fully saturated rings. The van der Waals surface area contributed by atoms with Crippen LogP contribution >= 0.6 is 15.9 Å². The lowest BCUT2D eigenvalue weighted by molar-refractivity contribution is 0.565. The third-order valence-corrected chi connectivity index (χ3v) is 5.57. The topological polar surface area (TPSA) is 63.4 Å². The lowest BCUT2D eigenvalue weighted by Gasteiger charge is -2.20. The zero-order valence-electron chi connectivity index (χ0n) is 11.5. The lowest BCUT2D eigenvalue weighted by atomic mass is 10.2.